The number of hydrogen-bond donors (Lipinski definition) is 0. The van der Waals surface area contributed by atoms with Crippen LogP contribution in [0.4, 0.5) is 17.1 Å². The van der Waals surface area contributed by atoms with Gasteiger partial charge in [0.15, 0.2) is 0 Å². The summed E-state index contributed by atoms with van der Waals surface area (Å²) in [5, 5.41) is 12.4. The molecule has 0 bridgehead atoms. The van der Waals surface area contributed by atoms with E-state index in [1.165, 1.54) is 18.7 Å². The number of ether oxygens (including phenoxy) is 1. The molecule has 3 aliphatic rings. The van der Waals surface area contributed by atoms with Crippen molar-refractivity contribution in [3.63, 3.8) is 0 Å². The second-order valence-electron chi connectivity index (χ2n) is 9.19. The highest BCUT2D eigenvalue weighted by Gasteiger charge is 2.37. The first kappa shape index (κ1) is 21.5. The number of nitro benzene ring substituents is 1. The topological polar surface area (TPSA) is 103 Å². The molecule has 4 heterocycles. The molecule has 2 aromatic rings. The Balaban J connectivity index is 1.76. The van der Waals surface area contributed by atoms with Gasteiger partial charge in [-0.15, -0.1) is 0 Å². The average molecular weight is 456 g/mol. The van der Waals surface area contributed by atoms with Crippen molar-refractivity contribution < 1.29 is 9.66 Å². The molecule has 1 aromatic heterocycles. The number of rotatable bonds is 3. The first-order valence-electron chi connectivity index (χ1n) is 11.7. The van der Waals surface area contributed by atoms with Gasteiger partial charge in [-0.2, -0.15) is 0 Å². The fourth-order valence-electron chi connectivity index (χ4n) is 5.36. The minimum atomic E-state index is -0.520. The van der Waals surface area contributed by atoms with E-state index < -0.39 is 11.2 Å². The summed E-state index contributed by atoms with van der Waals surface area (Å²) in [6.45, 7) is 3.24. The predicted octanol–water partition coefficient (Wildman–Crippen LogP) is 2.67. The van der Waals surface area contributed by atoms with Gasteiger partial charge in [0, 0.05) is 57.9 Å². The van der Waals surface area contributed by atoms with Gasteiger partial charge in [-0.05, 0) is 44.6 Å². The number of nitro groups is 1. The van der Waals surface area contributed by atoms with Crippen molar-refractivity contribution in [3.05, 3.63) is 48.1 Å². The third kappa shape index (κ3) is 3.48. The van der Waals surface area contributed by atoms with Crippen molar-refractivity contribution in [3.8, 4) is 11.6 Å². The van der Waals surface area contributed by atoms with Gasteiger partial charge < -0.3 is 14.5 Å². The minimum Gasteiger partial charge on any atom is -0.432 e. The van der Waals surface area contributed by atoms with E-state index in [0.29, 0.717) is 16.8 Å². The van der Waals surface area contributed by atoms with Crippen LogP contribution in [-0.2, 0) is 20.5 Å². The summed E-state index contributed by atoms with van der Waals surface area (Å²) < 4.78 is 8.46. The van der Waals surface area contributed by atoms with E-state index in [-0.39, 0.29) is 28.7 Å². The lowest BCUT2D eigenvalue weighted by Crippen LogP contribution is -2.40. The van der Waals surface area contributed by atoms with Crippen LogP contribution in [0.1, 0.15) is 49.7 Å². The standard InChI is InChI=1S/C23H29N5O5/c1-24-21(29)16-13-15-17(26-9-5-3-6-10-26)14-18(27-11-7-4-8-12-27)19(28(31)32)20(15)33-22(16)25(2)23(24)30/h14H,3-13H2,1-2H3. The fourth-order valence-corrected chi connectivity index (χ4v) is 5.36. The van der Waals surface area contributed by atoms with Crippen LogP contribution in [0.15, 0.2) is 15.7 Å². The minimum absolute atomic E-state index is 0.0774. The lowest BCUT2D eigenvalue weighted by atomic mass is 9.96. The molecule has 2 saturated heterocycles. The molecule has 5 rings (SSSR count). The molecule has 2 fully saturated rings. The molecule has 176 valence electrons. The molecule has 0 unspecified atom stereocenters. The van der Waals surface area contributed by atoms with Gasteiger partial charge in [-0.3, -0.25) is 24.0 Å². The molecule has 0 spiro atoms. The van der Waals surface area contributed by atoms with Crippen LogP contribution in [-0.4, -0.2) is 40.2 Å². The molecule has 0 atom stereocenters. The van der Waals surface area contributed by atoms with Crippen molar-refractivity contribution in [2.24, 2.45) is 14.1 Å². The van der Waals surface area contributed by atoms with Crippen molar-refractivity contribution in [2.75, 3.05) is 36.0 Å². The zero-order chi connectivity index (χ0) is 23.3. The van der Waals surface area contributed by atoms with Gasteiger partial charge in [-0.1, -0.05) is 0 Å². The maximum absolute atomic E-state index is 12.9. The van der Waals surface area contributed by atoms with E-state index in [4.69, 9.17) is 4.74 Å². The Morgan fingerprint density at radius 1 is 0.848 bits per heavy atom. The zero-order valence-corrected chi connectivity index (χ0v) is 19.1. The van der Waals surface area contributed by atoms with Gasteiger partial charge in [0.1, 0.15) is 5.69 Å². The highest BCUT2D eigenvalue weighted by molar-refractivity contribution is 5.82. The molecule has 33 heavy (non-hydrogen) atoms. The first-order chi connectivity index (χ1) is 15.9. The van der Waals surface area contributed by atoms with Crippen LogP contribution in [0, 0.1) is 10.1 Å². The number of nitrogens with zero attached hydrogens (tertiary/aromatic N) is 5. The van der Waals surface area contributed by atoms with Crippen molar-refractivity contribution >= 4 is 17.1 Å². The van der Waals surface area contributed by atoms with E-state index in [1.54, 1.807) is 0 Å². The van der Waals surface area contributed by atoms with Gasteiger partial charge in [0.05, 0.1) is 10.5 Å². The lowest BCUT2D eigenvalue weighted by Gasteiger charge is -2.35. The Labute approximate surface area is 191 Å². The maximum Gasteiger partial charge on any atom is 0.335 e. The molecule has 1 aromatic carbocycles. The van der Waals surface area contributed by atoms with E-state index >= 15 is 0 Å². The quantitative estimate of drug-likeness (QED) is 0.442. The van der Waals surface area contributed by atoms with Gasteiger partial charge in [-0.25, -0.2) is 4.79 Å². The molecular formula is C23H29N5O5. The van der Waals surface area contributed by atoms with Crippen molar-refractivity contribution in [1.82, 2.24) is 9.13 Å². The van der Waals surface area contributed by atoms with Crippen LogP contribution in [0.2, 0.25) is 0 Å². The molecular weight excluding hydrogens is 426 g/mol. The lowest BCUT2D eigenvalue weighted by molar-refractivity contribution is -0.385. The van der Waals surface area contributed by atoms with E-state index in [1.807, 2.05) is 6.07 Å². The smallest absolute Gasteiger partial charge is 0.335 e. The number of hydrogen-bond acceptors (Lipinski definition) is 7. The SMILES string of the molecule is Cn1c2c(c(=O)n(C)c1=O)Cc1c(N3CCCCC3)cc(N3CCCCC3)c([N+](=O)[O-])c1O2. The second-order valence-corrected chi connectivity index (χ2v) is 9.19. The average Bonchev–Trinajstić information content (AvgIpc) is 2.85. The Morgan fingerprint density at radius 3 is 2.00 bits per heavy atom. The third-order valence-corrected chi connectivity index (χ3v) is 7.14. The Bertz CT molecular complexity index is 1240. The van der Waals surface area contributed by atoms with Crippen LogP contribution < -0.4 is 25.8 Å². The Hall–Kier alpha value is -3.30. The summed E-state index contributed by atoms with van der Waals surface area (Å²) in [7, 11) is 2.96. The predicted molar refractivity (Wildman–Crippen MR) is 125 cm³/mol. The number of fused-ring (bicyclic) bond motifs is 2. The zero-order valence-electron chi connectivity index (χ0n) is 19.1. The highest BCUT2D eigenvalue weighted by Crippen LogP contribution is 2.50. The number of piperidine rings is 2. The van der Waals surface area contributed by atoms with Gasteiger partial charge in [0.25, 0.3) is 5.56 Å². The van der Waals surface area contributed by atoms with Crippen LogP contribution in [0.3, 0.4) is 0 Å². The normalized spacial score (nSPS) is 17.9. The molecule has 3 aliphatic heterocycles. The summed E-state index contributed by atoms with van der Waals surface area (Å²) >= 11 is 0. The molecule has 0 saturated carbocycles. The van der Waals surface area contributed by atoms with E-state index in [0.717, 1.165) is 75.0 Å². The van der Waals surface area contributed by atoms with Gasteiger partial charge in [0.2, 0.25) is 11.6 Å². The van der Waals surface area contributed by atoms with Crippen molar-refractivity contribution in [2.45, 2.75) is 44.9 Å². The van der Waals surface area contributed by atoms with Crippen LogP contribution in [0.25, 0.3) is 0 Å². The summed E-state index contributed by atoms with van der Waals surface area (Å²) in [6.07, 6.45) is 6.55. The molecule has 0 radical (unpaired) electrons. The third-order valence-electron chi connectivity index (χ3n) is 7.14. The second kappa shape index (κ2) is 8.24. The summed E-state index contributed by atoms with van der Waals surface area (Å²) in [5.41, 5.74) is 1.46. The van der Waals surface area contributed by atoms with Crippen molar-refractivity contribution in [1.29, 1.82) is 0 Å². The van der Waals surface area contributed by atoms with Crippen LogP contribution in [0.5, 0.6) is 11.6 Å². The van der Waals surface area contributed by atoms with E-state index in [9.17, 15) is 19.7 Å². The molecule has 0 N–H and O–H groups in total. The van der Waals surface area contributed by atoms with E-state index in [2.05, 4.69) is 9.80 Å². The van der Waals surface area contributed by atoms with Gasteiger partial charge >= 0.3 is 11.4 Å². The maximum atomic E-state index is 12.9. The summed E-state index contributed by atoms with van der Waals surface area (Å²) in [4.78, 5) is 41.8. The molecule has 10 heteroatoms. The molecule has 0 aliphatic carbocycles. The number of benzene rings is 1. The monoisotopic (exact) mass is 455 g/mol. The Kier molecular flexibility index (Phi) is 5.38. The van der Waals surface area contributed by atoms with Crippen LogP contribution >= 0.6 is 0 Å². The molecule has 0 amide bonds. The number of aromatic nitrogens is 2. The summed E-state index contributed by atoms with van der Waals surface area (Å²) in [5.74, 6) is 0.262. The Morgan fingerprint density at radius 2 is 1.42 bits per heavy atom. The fraction of sp³-hybridized carbons (Fsp3) is 0.565. The largest absolute Gasteiger partial charge is 0.432 e. The first-order valence-corrected chi connectivity index (χ1v) is 11.7. The highest BCUT2D eigenvalue weighted by atomic mass is 16.6. The molecule has 10 nitrogen and oxygen atoms in total. The summed E-state index contributed by atoms with van der Waals surface area (Å²) in [6, 6.07) is 1.94. The number of anilines is 2.